The highest BCUT2D eigenvalue weighted by Crippen LogP contribution is 2.19. The Kier molecular flexibility index (Phi) is 5.20. The van der Waals surface area contributed by atoms with E-state index < -0.39 is 6.04 Å². The average Bonchev–Trinajstić information content (AvgIpc) is 2.89. The van der Waals surface area contributed by atoms with E-state index in [1.54, 1.807) is 6.92 Å². The van der Waals surface area contributed by atoms with Crippen molar-refractivity contribution < 1.29 is 9.59 Å². The number of benzene rings is 1. The molecule has 1 heterocycles. The first-order valence-corrected chi connectivity index (χ1v) is 7.66. The van der Waals surface area contributed by atoms with Crippen LogP contribution in [0.2, 0.25) is 0 Å². The predicted molar refractivity (Wildman–Crippen MR) is 87.5 cm³/mol. The summed E-state index contributed by atoms with van der Waals surface area (Å²) in [6, 6.07) is 7.41. The molecule has 0 aliphatic rings. The van der Waals surface area contributed by atoms with Gasteiger partial charge >= 0.3 is 0 Å². The fraction of sp³-hybridized carbons (Fsp3) is 0.412. The van der Waals surface area contributed by atoms with Gasteiger partial charge in [-0.1, -0.05) is 25.1 Å². The number of para-hydroxylation sites is 1. The van der Waals surface area contributed by atoms with Gasteiger partial charge < -0.3 is 15.6 Å². The normalized spacial score (nSPS) is 12.4. The van der Waals surface area contributed by atoms with Gasteiger partial charge in [0.2, 0.25) is 11.8 Å². The van der Waals surface area contributed by atoms with Crippen molar-refractivity contribution in [1.82, 2.24) is 15.6 Å². The topological polar surface area (TPSA) is 74.0 Å². The number of carbonyl (C=O) groups is 2. The smallest absolute Gasteiger partial charge is 0.243 e. The number of rotatable bonds is 6. The number of aromatic nitrogens is 1. The molecule has 2 rings (SSSR count). The van der Waals surface area contributed by atoms with Gasteiger partial charge in [0.1, 0.15) is 6.04 Å². The molecule has 5 heteroatoms. The van der Waals surface area contributed by atoms with Gasteiger partial charge in [-0.2, -0.15) is 0 Å². The van der Waals surface area contributed by atoms with E-state index in [1.165, 1.54) is 0 Å². The number of H-pyrrole nitrogens is 1. The molecule has 0 saturated carbocycles. The van der Waals surface area contributed by atoms with Gasteiger partial charge in [0.15, 0.2) is 0 Å². The zero-order chi connectivity index (χ0) is 16.1. The number of nitrogens with one attached hydrogen (secondary N) is 3. The molecule has 0 fully saturated rings. The van der Waals surface area contributed by atoms with Crippen LogP contribution in [0.15, 0.2) is 30.5 Å². The second-order valence-electron chi connectivity index (χ2n) is 5.70. The Balaban J connectivity index is 2.21. The van der Waals surface area contributed by atoms with Crippen LogP contribution in [0.5, 0.6) is 0 Å². The Hall–Kier alpha value is -2.30. The minimum absolute atomic E-state index is 0.0384. The largest absolute Gasteiger partial charge is 0.361 e. The van der Waals surface area contributed by atoms with E-state index >= 15 is 0 Å². The number of aromatic amines is 1. The lowest BCUT2D eigenvalue weighted by Gasteiger charge is -2.19. The van der Waals surface area contributed by atoms with Crippen LogP contribution in [0.1, 0.15) is 32.8 Å². The van der Waals surface area contributed by atoms with Crippen molar-refractivity contribution >= 4 is 22.7 Å². The molecule has 0 unspecified atom stereocenters. The Morgan fingerprint density at radius 2 is 1.91 bits per heavy atom. The van der Waals surface area contributed by atoms with E-state index in [2.05, 4.69) is 15.6 Å². The standard InChI is InChI=1S/C17H23N3O2/c1-4-16(21)20-15(17(22)19-11(2)3)9-12-10-18-14-8-6-5-7-13(12)14/h5-8,10-11,15,18H,4,9H2,1-3H3,(H,19,22)(H,20,21)/t15-/m1/s1. The van der Waals surface area contributed by atoms with E-state index in [1.807, 2.05) is 44.3 Å². The summed E-state index contributed by atoms with van der Waals surface area (Å²) in [4.78, 5) is 27.2. The summed E-state index contributed by atoms with van der Waals surface area (Å²) >= 11 is 0. The summed E-state index contributed by atoms with van der Waals surface area (Å²) < 4.78 is 0. The average molecular weight is 301 g/mol. The number of hydrogen-bond donors (Lipinski definition) is 3. The van der Waals surface area contributed by atoms with Gasteiger partial charge in [0.25, 0.3) is 0 Å². The summed E-state index contributed by atoms with van der Waals surface area (Å²) in [6.45, 7) is 5.59. The van der Waals surface area contributed by atoms with Crippen LogP contribution in [0, 0.1) is 0 Å². The molecule has 0 aliphatic heterocycles. The van der Waals surface area contributed by atoms with Gasteiger partial charge in [-0.15, -0.1) is 0 Å². The minimum atomic E-state index is -0.561. The fourth-order valence-corrected chi connectivity index (χ4v) is 2.41. The summed E-state index contributed by atoms with van der Waals surface area (Å²) in [5.74, 6) is -0.272. The Bertz CT molecular complexity index is 661. The lowest BCUT2D eigenvalue weighted by atomic mass is 10.0. The third-order valence-electron chi connectivity index (χ3n) is 3.50. The molecular weight excluding hydrogens is 278 g/mol. The van der Waals surface area contributed by atoms with Crippen molar-refractivity contribution in [2.45, 2.75) is 45.7 Å². The molecule has 2 amide bonds. The molecule has 1 aromatic heterocycles. The molecule has 2 aromatic rings. The summed E-state index contributed by atoms with van der Waals surface area (Å²) in [5, 5.41) is 6.76. The Morgan fingerprint density at radius 3 is 2.59 bits per heavy atom. The number of carbonyl (C=O) groups excluding carboxylic acids is 2. The van der Waals surface area contributed by atoms with Gasteiger partial charge in [0.05, 0.1) is 0 Å². The van der Waals surface area contributed by atoms with Crippen LogP contribution < -0.4 is 10.6 Å². The summed E-state index contributed by atoms with van der Waals surface area (Å²) in [5.41, 5.74) is 2.05. The first-order valence-electron chi connectivity index (χ1n) is 7.66. The maximum Gasteiger partial charge on any atom is 0.243 e. The van der Waals surface area contributed by atoms with Crippen molar-refractivity contribution in [2.75, 3.05) is 0 Å². The lowest BCUT2D eigenvalue weighted by Crippen LogP contribution is -2.49. The maximum atomic E-state index is 12.3. The molecule has 0 saturated heterocycles. The quantitative estimate of drug-likeness (QED) is 0.764. The van der Waals surface area contributed by atoms with Crippen molar-refractivity contribution in [1.29, 1.82) is 0 Å². The highest BCUT2D eigenvalue weighted by Gasteiger charge is 2.22. The SMILES string of the molecule is CCC(=O)N[C@H](Cc1c[nH]c2ccccc12)C(=O)NC(C)C. The molecule has 0 radical (unpaired) electrons. The first kappa shape index (κ1) is 16.1. The number of amides is 2. The fourth-order valence-electron chi connectivity index (χ4n) is 2.41. The van der Waals surface area contributed by atoms with Crippen molar-refractivity contribution in [3.8, 4) is 0 Å². The molecule has 0 bridgehead atoms. The molecule has 22 heavy (non-hydrogen) atoms. The van der Waals surface area contributed by atoms with Crippen LogP contribution in [-0.4, -0.2) is 28.9 Å². The Labute approximate surface area is 130 Å². The van der Waals surface area contributed by atoms with Crippen LogP contribution >= 0.6 is 0 Å². The van der Waals surface area contributed by atoms with E-state index in [4.69, 9.17) is 0 Å². The van der Waals surface area contributed by atoms with Crippen molar-refractivity contribution in [3.05, 3.63) is 36.0 Å². The van der Waals surface area contributed by atoms with Crippen molar-refractivity contribution in [2.24, 2.45) is 0 Å². The third-order valence-corrected chi connectivity index (χ3v) is 3.50. The second-order valence-corrected chi connectivity index (χ2v) is 5.70. The van der Waals surface area contributed by atoms with Gasteiger partial charge in [0, 0.05) is 36.0 Å². The highest BCUT2D eigenvalue weighted by molar-refractivity contribution is 5.89. The van der Waals surface area contributed by atoms with E-state index in [9.17, 15) is 9.59 Å². The molecular formula is C17H23N3O2. The zero-order valence-corrected chi connectivity index (χ0v) is 13.3. The summed E-state index contributed by atoms with van der Waals surface area (Å²) in [6.07, 6.45) is 2.73. The van der Waals surface area contributed by atoms with Gasteiger partial charge in [-0.05, 0) is 25.5 Å². The third kappa shape index (κ3) is 3.87. The molecule has 1 atom stereocenters. The highest BCUT2D eigenvalue weighted by atomic mass is 16.2. The first-order chi connectivity index (χ1) is 10.5. The maximum absolute atomic E-state index is 12.3. The van der Waals surface area contributed by atoms with Crippen LogP contribution in [0.3, 0.4) is 0 Å². The number of hydrogen-bond acceptors (Lipinski definition) is 2. The minimum Gasteiger partial charge on any atom is -0.361 e. The molecule has 0 aliphatic carbocycles. The van der Waals surface area contributed by atoms with Gasteiger partial charge in [-0.3, -0.25) is 9.59 Å². The van der Waals surface area contributed by atoms with Crippen LogP contribution in [0.4, 0.5) is 0 Å². The van der Waals surface area contributed by atoms with E-state index in [0.717, 1.165) is 16.5 Å². The molecule has 118 valence electrons. The molecule has 5 nitrogen and oxygen atoms in total. The molecule has 1 aromatic carbocycles. The monoisotopic (exact) mass is 301 g/mol. The summed E-state index contributed by atoms with van der Waals surface area (Å²) in [7, 11) is 0. The second kappa shape index (κ2) is 7.11. The van der Waals surface area contributed by atoms with E-state index in [-0.39, 0.29) is 17.9 Å². The molecule has 0 spiro atoms. The zero-order valence-electron chi connectivity index (χ0n) is 13.3. The van der Waals surface area contributed by atoms with Crippen molar-refractivity contribution in [3.63, 3.8) is 0 Å². The molecule has 3 N–H and O–H groups in total. The predicted octanol–water partition coefficient (Wildman–Crippen LogP) is 2.13. The van der Waals surface area contributed by atoms with Crippen LogP contribution in [-0.2, 0) is 16.0 Å². The number of fused-ring (bicyclic) bond motifs is 1. The van der Waals surface area contributed by atoms with Crippen LogP contribution in [0.25, 0.3) is 10.9 Å². The van der Waals surface area contributed by atoms with E-state index in [0.29, 0.717) is 12.8 Å². The Morgan fingerprint density at radius 1 is 1.18 bits per heavy atom. The van der Waals surface area contributed by atoms with Gasteiger partial charge in [-0.25, -0.2) is 0 Å². The lowest BCUT2D eigenvalue weighted by molar-refractivity contribution is -0.129.